The number of hydrogen-bond acceptors (Lipinski definition) is 6. The van der Waals surface area contributed by atoms with E-state index in [1.807, 2.05) is 0 Å². The van der Waals surface area contributed by atoms with Gasteiger partial charge in [-0.25, -0.2) is 4.98 Å². The van der Waals surface area contributed by atoms with Crippen molar-refractivity contribution in [2.75, 3.05) is 17.2 Å². The summed E-state index contributed by atoms with van der Waals surface area (Å²) in [7, 11) is 1.69. The van der Waals surface area contributed by atoms with Crippen LogP contribution in [-0.2, 0) is 18.8 Å². The van der Waals surface area contributed by atoms with E-state index in [4.69, 9.17) is 5.73 Å². The molecule has 0 aliphatic heterocycles. The van der Waals surface area contributed by atoms with Crippen molar-refractivity contribution >= 4 is 17.6 Å². The van der Waals surface area contributed by atoms with Crippen molar-refractivity contribution in [2.45, 2.75) is 32.5 Å². The van der Waals surface area contributed by atoms with Crippen molar-refractivity contribution in [3.63, 3.8) is 0 Å². The number of nitrogens with zero attached hydrogens (tertiary/aromatic N) is 4. The Bertz CT molecular complexity index is 716. The molecule has 0 spiro atoms. The van der Waals surface area contributed by atoms with E-state index in [2.05, 4.69) is 25.7 Å². The number of nitrogens with one attached hydrogen (secondary N) is 2. The quantitative estimate of drug-likeness (QED) is 0.773. The number of rotatable bonds is 5. The van der Waals surface area contributed by atoms with Crippen LogP contribution in [0.15, 0.2) is 12.3 Å². The molecule has 10 heteroatoms. The number of aryl methyl sites for hydroxylation is 1. The summed E-state index contributed by atoms with van der Waals surface area (Å²) in [5.74, 6) is 0.276. The molecule has 7 nitrogen and oxygen atoms in total. The minimum atomic E-state index is -4.53. The maximum absolute atomic E-state index is 13.0. The molecule has 0 fully saturated rings. The Labute approximate surface area is 137 Å². The molecule has 0 radical (unpaired) electrons. The van der Waals surface area contributed by atoms with Gasteiger partial charge in [0.05, 0.1) is 11.2 Å². The first kappa shape index (κ1) is 18.0. The number of halogens is 3. The first-order valence-electron chi connectivity index (χ1n) is 7.31. The minimum Gasteiger partial charge on any atom is -0.370 e. The van der Waals surface area contributed by atoms with Gasteiger partial charge in [-0.3, -0.25) is 4.68 Å². The third-order valence-electron chi connectivity index (χ3n) is 3.22. The molecule has 0 atom stereocenters. The van der Waals surface area contributed by atoms with Gasteiger partial charge in [-0.2, -0.15) is 23.3 Å². The fraction of sp³-hybridized carbons (Fsp3) is 0.500. The van der Waals surface area contributed by atoms with Crippen molar-refractivity contribution < 1.29 is 13.2 Å². The van der Waals surface area contributed by atoms with E-state index in [0.29, 0.717) is 18.1 Å². The lowest BCUT2D eigenvalue weighted by Crippen LogP contribution is -2.29. The van der Waals surface area contributed by atoms with Crippen LogP contribution in [-0.4, -0.2) is 26.3 Å². The average Bonchev–Trinajstić information content (AvgIpc) is 2.79. The van der Waals surface area contributed by atoms with Crippen LogP contribution in [0, 0.1) is 0 Å². The molecule has 24 heavy (non-hydrogen) atoms. The Morgan fingerprint density at radius 3 is 2.46 bits per heavy atom. The summed E-state index contributed by atoms with van der Waals surface area (Å²) in [6.45, 7) is 5.59. The van der Waals surface area contributed by atoms with Gasteiger partial charge in [0.15, 0.2) is 0 Å². The highest BCUT2D eigenvalue weighted by Crippen LogP contribution is 2.34. The minimum absolute atomic E-state index is 0.0309. The molecule has 0 bridgehead atoms. The van der Waals surface area contributed by atoms with Gasteiger partial charge >= 0.3 is 6.18 Å². The number of alkyl halides is 3. The summed E-state index contributed by atoms with van der Waals surface area (Å²) < 4.78 is 40.4. The predicted molar refractivity (Wildman–Crippen MR) is 84.9 cm³/mol. The predicted octanol–water partition coefficient (Wildman–Crippen LogP) is 2.60. The molecule has 2 aromatic rings. The number of aromatic nitrogens is 4. The fourth-order valence-electron chi connectivity index (χ4n) is 1.97. The monoisotopic (exact) mass is 343 g/mol. The van der Waals surface area contributed by atoms with E-state index < -0.39 is 17.3 Å². The zero-order valence-corrected chi connectivity index (χ0v) is 13.9. The summed E-state index contributed by atoms with van der Waals surface area (Å²) >= 11 is 0. The number of hydrogen-bond donors (Lipinski definition) is 3. The fourth-order valence-corrected chi connectivity index (χ4v) is 1.97. The molecule has 0 aliphatic carbocycles. The largest absolute Gasteiger partial charge is 0.421 e. The smallest absolute Gasteiger partial charge is 0.370 e. The van der Waals surface area contributed by atoms with Crippen LogP contribution in [0.1, 0.15) is 32.0 Å². The Hall–Kier alpha value is -2.36. The summed E-state index contributed by atoms with van der Waals surface area (Å²) in [5.41, 5.74) is 5.07. The zero-order valence-electron chi connectivity index (χ0n) is 13.9. The van der Waals surface area contributed by atoms with Gasteiger partial charge in [-0.05, 0) is 20.8 Å². The van der Waals surface area contributed by atoms with Gasteiger partial charge < -0.3 is 16.4 Å². The molecule has 0 aliphatic rings. The third-order valence-corrected chi connectivity index (χ3v) is 3.22. The van der Waals surface area contributed by atoms with Crippen LogP contribution in [0.3, 0.4) is 0 Å². The number of anilines is 3. The standard InChI is InChI=1S/C14H20F3N7/c1-5-19-11-8(14(15,16)17)7-20-12(22-11)21-10-6-9(13(2,3)18)23-24(10)4/h6-7H,5,18H2,1-4H3,(H2,19,20,21,22). The van der Waals surface area contributed by atoms with Gasteiger partial charge in [0, 0.05) is 25.9 Å². The Morgan fingerprint density at radius 2 is 1.96 bits per heavy atom. The lowest BCUT2D eigenvalue weighted by atomic mass is 10.0. The van der Waals surface area contributed by atoms with Crippen LogP contribution in [0.4, 0.5) is 30.8 Å². The molecule has 0 saturated heterocycles. The van der Waals surface area contributed by atoms with Crippen molar-refractivity contribution in [1.82, 2.24) is 19.7 Å². The zero-order chi connectivity index (χ0) is 18.1. The first-order valence-corrected chi connectivity index (χ1v) is 7.31. The summed E-state index contributed by atoms with van der Waals surface area (Å²) in [4.78, 5) is 7.65. The molecule has 0 amide bonds. The second-order valence-corrected chi connectivity index (χ2v) is 5.87. The molecular weight excluding hydrogens is 323 g/mol. The molecule has 2 aromatic heterocycles. The van der Waals surface area contributed by atoms with Crippen LogP contribution in [0.5, 0.6) is 0 Å². The Kier molecular flexibility index (Phi) is 4.70. The van der Waals surface area contributed by atoms with E-state index in [0.717, 1.165) is 6.20 Å². The van der Waals surface area contributed by atoms with Gasteiger partial charge in [0.1, 0.15) is 17.2 Å². The van der Waals surface area contributed by atoms with Gasteiger partial charge in [0.25, 0.3) is 0 Å². The topological polar surface area (TPSA) is 93.7 Å². The lowest BCUT2D eigenvalue weighted by molar-refractivity contribution is -0.137. The maximum atomic E-state index is 13.0. The van der Waals surface area contributed by atoms with Gasteiger partial charge in [-0.15, -0.1) is 0 Å². The first-order chi connectivity index (χ1) is 11.0. The lowest BCUT2D eigenvalue weighted by Gasteiger charge is -2.14. The summed E-state index contributed by atoms with van der Waals surface area (Å²) in [5, 5.41) is 9.73. The molecule has 2 heterocycles. The van der Waals surface area contributed by atoms with E-state index in [1.54, 1.807) is 33.9 Å². The third kappa shape index (κ3) is 3.94. The van der Waals surface area contributed by atoms with Crippen LogP contribution < -0.4 is 16.4 Å². The second kappa shape index (κ2) is 6.27. The van der Waals surface area contributed by atoms with Crippen molar-refractivity contribution in [3.8, 4) is 0 Å². The van der Waals surface area contributed by atoms with Gasteiger partial charge in [-0.1, -0.05) is 0 Å². The summed E-state index contributed by atoms with van der Waals surface area (Å²) in [6.07, 6.45) is -3.78. The Balaban J connectivity index is 2.34. The van der Waals surface area contributed by atoms with E-state index in [9.17, 15) is 13.2 Å². The molecule has 0 saturated carbocycles. The SMILES string of the molecule is CCNc1nc(Nc2cc(C(C)(C)N)nn2C)ncc1C(F)(F)F. The summed E-state index contributed by atoms with van der Waals surface area (Å²) in [6, 6.07) is 1.70. The van der Waals surface area contributed by atoms with Crippen molar-refractivity contribution in [3.05, 3.63) is 23.5 Å². The molecular formula is C14H20F3N7. The van der Waals surface area contributed by atoms with Crippen LogP contribution in [0.2, 0.25) is 0 Å². The number of nitrogens with two attached hydrogens (primary N) is 1. The normalized spacial score (nSPS) is 12.3. The Morgan fingerprint density at radius 1 is 1.29 bits per heavy atom. The van der Waals surface area contributed by atoms with E-state index in [1.165, 1.54) is 4.68 Å². The van der Waals surface area contributed by atoms with Crippen LogP contribution >= 0.6 is 0 Å². The average molecular weight is 343 g/mol. The van der Waals surface area contributed by atoms with Gasteiger partial charge in [0.2, 0.25) is 5.95 Å². The molecule has 0 aromatic carbocycles. The second-order valence-electron chi connectivity index (χ2n) is 5.87. The molecule has 2 rings (SSSR count). The highest BCUT2D eigenvalue weighted by molar-refractivity contribution is 5.54. The maximum Gasteiger partial charge on any atom is 0.421 e. The molecule has 4 N–H and O–H groups in total. The van der Waals surface area contributed by atoms with Crippen LogP contribution in [0.25, 0.3) is 0 Å². The highest BCUT2D eigenvalue weighted by atomic mass is 19.4. The molecule has 132 valence electrons. The van der Waals surface area contributed by atoms with E-state index >= 15 is 0 Å². The van der Waals surface area contributed by atoms with Crippen molar-refractivity contribution in [2.24, 2.45) is 12.8 Å². The van der Waals surface area contributed by atoms with Crippen molar-refractivity contribution in [1.29, 1.82) is 0 Å². The van der Waals surface area contributed by atoms with E-state index in [-0.39, 0.29) is 11.8 Å². The highest BCUT2D eigenvalue weighted by Gasteiger charge is 2.35. The molecule has 0 unspecified atom stereocenters.